The maximum absolute atomic E-state index is 10.5. The van der Waals surface area contributed by atoms with Gasteiger partial charge in [-0.15, -0.1) is 0 Å². The lowest BCUT2D eigenvalue weighted by Crippen LogP contribution is -2.28. The average Bonchev–Trinajstić information content (AvgIpc) is 2.29. The maximum atomic E-state index is 10.5. The largest absolute Gasteiger partial charge is 0.359 e. The smallest absolute Gasteiger partial charge is 0.269 e. The fraction of sp³-hybridized carbons (Fsp3) is 0.250. The molecule has 0 fully saturated rings. The van der Waals surface area contributed by atoms with Gasteiger partial charge in [-0.05, 0) is 38.2 Å². The number of benzene rings is 1. The molecule has 0 atom stereocenters. The van der Waals surface area contributed by atoms with Gasteiger partial charge >= 0.3 is 0 Å². The number of nitro benzene ring substituents is 1. The molecule has 6 heteroatoms. The topological polar surface area (TPSA) is 67.2 Å². The van der Waals surface area contributed by atoms with Crippen LogP contribution in [0.25, 0.3) is 0 Å². The minimum atomic E-state index is -0.435. The molecule has 0 bridgehead atoms. The molecule has 0 aliphatic carbocycles. The van der Waals surface area contributed by atoms with Gasteiger partial charge < -0.3 is 10.6 Å². The first-order valence-electron chi connectivity index (χ1n) is 5.41. The monoisotopic (exact) mass is 265 g/mol. The molecule has 0 aliphatic heterocycles. The normalized spacial score (nSPS) is 9.44. The molecule has 0 aliphatic rings. The van der Waals surface area contributed by atoms with E-state index >= 15 is 0 Å². The molecule has 0 heterocycles. The summed E-state index contributed by atoms with van der Waals surface area (Å²) >= 11 is 5.09. The van der Waals surface area contributed by atoms with Gasteiger partial charge in [-0.1, -0.05) is 11.6 Å². The van der Waals surface area contributed by atoms with E-state index in [1.54, 1.807) is 12.1 Å². The molecule has 1 rings (SSSR count). The predicted octanol–water partition coefficient (Wildman–Crippen LogP) is 2.85. The maximum Gasteiger partial charge on any atom is 0.269 e. The van der Waals surface area contributed by atoms with Crippen molar-refractivity contribution in [1.82, 2.24) is 5.32 Å². The number of thiocarbonyl (C=S) groups is 1. The van der Waals surface area contributed by atoms with E-state index in [0.29, 0.717) is 11.7 Å². The Morgan fingerprint density at radius 1 is 1.39 bits per heavy atom. The van der Waals surface area contributed by atoms with Gasteiger partial charge in [0.25, 0.3) is 5.69 Å². The summed E-state index contributed by atoms with van der Waals surface area (Å²) in [6, 6.07) is 6.10. The van der Waals surface area contributed by atoms with Gasteiger partial charge in [0, 0.05) is 24.4 Å². The van der Waals surface area contributed by atoms with Gasteiger partial charge in [0.1, 0.15) is 0 Å². The number of rotatable bonds is 4. The molecule has 0 unspecified atom stereocenters. The fourth-order valence-corrected chi connectivity index (χ4v) is 1.39. The van der Waals surface area contributed by atoms with Gasteiger partial charge in [0.2, 0.25) is 0 Å². The fourth-order valence-electron chi connectivity index (χ4n) is 1.19. The zero-order valence-corrected chi connectivity index (χ0v) is 11.1. The standard InChI is InChI=1S/C12H15N3O2S/c1-9(2)7-8-13-12(18)14-10-3-5-11(6-4-10)15(16)17/h3-7H,8H2,1-2H3,(H2,13,14,18). The molecular formula is C12H15N3O2S. The van der Waals surface area contributed by atoms with Crippen molar-refractivity contribution in [1.29, 1.82) is 0 Å². The molecule has 1 aromatic rings. The highest BCUT2D eigenvalue weighted by molar-refractivity contribution is 7.80. The van der Waals surface area contributed by atoms with E-state index in [2.05, 4.69) is 10.6 Å². The Hall–Kier alpha value is -1.95. The number of allylic oxidation sites excluding steroid dienone is 1. The minimum absolute atomic E-state index is 0.0592. The molecule has 0 saturated heterocycles. The highest BCUT2D eigenvalue weighted by Gasteiger charge is 2.04. The lowest BCUT2D eigenvalue weighted by molar-refractivity contribution is -0.384. The van der Waals surface area contributed by atoms with E-state index in [9.17, 15) is 10.1 Å². The quantitative estimate of drug-likeness (QED) is 0.379. The number of hydrogen-bond donors (Lipinski definition) is 2. The van der Waals surface area contributed by atoms with Crippen LogP contribution >= 0.6 is 12.2 Å². The Kier molecular flexibility index (Phi) is 5.26. The van der Waals surface area contributed by atoms with Crippen LogP contribution in [0.5, 0.6) is 0 Å². The van der Waals surface area contributed by atoms with Gasteiger partial charge in [0.05, 0.1) is 4.92 Å². The van der Waals surface area contributed by atoms with Crippen molar-refractivity contribution in [3.63, 3.8) is 0 Å². The molecule has 2 N–H and O–H groups in total. The third-order valence-electron chi connectivity index (χ3n) is 2.11. The highest BCUT2D eigenvalue weighted by atomic mass is 32.1. The van der Waals surface area contributed by atoms with Crippen molar-refractivity contribution in [2.24, 2.45) is 0 Å². The zero-order chi connectivity index (χ0) is 13.5. The van der Waals surface area contributed by atoms with Crippen LogP contribution in [0, 0.1) is 10.1 Å². The molecule has 1 aromatic carbocycles. The average molecular weight is 265 g/mol. The Balaban J connectivity index is 2.49. The molecule has 96 valence electrons. The Bertz CT molecular complexity index is 465. The van der Waals surface area contributed by atoms with Crippen LogP contribution in [0.2, 0.25) is 0 Å². The van der Waals surface area contributed by atoms with Crippen LogP contribution in [-0.4, -0.2) is 16.6 Å². The van der Waals surface area contributed by atoms with E-state index in [1.807, 2.05) is 19.9 Å². The van der Waals surface area contributed by atoms with Crippen molar-refractivity contribution < 1.29 is 4.92 Å². The summed E-state index contributed by atoms with van der Waals surface area (Å²) in [5.74, 6) is 0. The van der Waals surface area contributed by atoms with E-state index in [4.69, 9.17) is 12.2 Å². The van der Waals surface area contributed by atoms with E-state index in [-0.39, 0.29) is 5.69 Å². The lowest BCUT2D eigenvalue weighted by atomic mass is 10.3. The van der Waals surface area contributed by atoms with Gasteiger partial charge in [0.15, 0.2) is 5.11 Å². The summed E-state index contributed by atoms with van der Waals surface area (Å²) in [6.45, 7) is 4.67. The van der Waals surface area contributed by atoms with Crippen LogP contribution in [-0.2, 0) is 0 Å². The summed E-state index contributed by atoms with van der Waals surface area (Å²) in [5.41, 5.74) is 1.99. The van der Waals surface area contributed by atoms with Crippen molar-refractivity contribution in [2.75, 3.05) is 11.9 Å². The second-order valence-corrected chi connectivity index (χ2v) is 4.33. The highest BCUT2D eigenvalue weighted by Crippen LogP contribution is 2.15. The first-order chi connectivity index (χ1) is 8.49. The van der Waals surface area contributed by atoms with Crippen molar-refractivity contribution in [2.45, 2.75) is 13.8 Å². The number of hydrogen-bond acceptors (Lipinski definition) is 3. The van der Waals surface area contributed by atoms with Crippen molar-refractivity contribution >= 4 is 28.7 Å². The van der Waals surface area contributed by atoms with Crippen LogP contribution < -0.4 is 10.6 Å². The Morgan fingerprint density at radius 3 is 2.50 bits per heavy atom. The number of anilines is 1. The van der Waals surface area contributed by atoms with Crippen LogP contribution in [0.3, 0.4) is 0 Å². The van der Waals surface area contributed by atoms with Crippen LogP contribution in [0.1, 0.15) is 13.8 Å². The molecule has 18 heavy (non-hydrogen) atoms. The van der Waals surface area contributed by atoms with E-state index < -0.39 is 4.92 Å². The van der Waals surface area contributed by atoms with Crippen molar-refractivity contribution in [3.05, 3.63) is 46.0 Å². The second kappa shape index (κ2) is 6.70. The molecule has 0 saturated carbocycles. The number of nitro groups is 1. The molecule has 5 nitrogen and oxygen atoms in total. The van der Waals surface area contributed by atoms with E-state index in [0.717, 1.165) is 5.69 Å². The van der Waals surface area contributed by atoms with Crippen LogP contribution in [0.4, 0.5) is 11.4 Å². The third kappa shape index (κ3) is 4.92. The zero-order valence-electron chi connectivity index (χ0n) is 10.3. The molecule has 0 amide bonds. The Labute approximate surface area is 111 Å². The summed E-state index contributed by atoms with van der Waals surface area (Å²) in [7, 11) is 0. The predicted molar refractivity (Wildman–Crippen MR) is 76.8 cm³/mol. The van der Waals surface area contributed by atoms with Crippen LogP contribution in [0.15, 0.2) is 35.9 Å². The summed E-state index contributed by atoms with van der Waals surface area (Å²) in [5, 5.41) is 16.9. The SMILES string of the molecule is CC(C)=CCNC(=S)Nc1ccc([N+](=O)[O-])cc1. The van der Waals surface area contributed by atoms with Gasteiger partial charge in [-0.25, -0.2) is 0 Å². The summed E-state index contributed by atoms with van der Waals surface area (Å²) in [6.07, 6.45) is 2.02. The third-order valence-corrected chi connectivity index (χ3v) is 2.36. The number of nitrogens with zero attached hydrogens (tertiary/aromatic N) is 1. The second-order valence-electron chi connectivity index (χ2n) is 3.92. The minimum Gasteiger partial charge on any atom is -0.359 e. The Morgan fingerprint density at radius 2 is 2.00 bits per heavy atom. The van der Waals surface area contributed by atoms with Gasteiger partial charge in [-0.2, -0.15) is 0 Å². The molecule has 0 aromatic heterocycles. The number of non-ortho nitro benzene ring substituents is 1. The van der Waals surface area contributed by atoms with Gasteiger partial charge in [-0.3, -0.25) is 10.1 Å². The lowest BCUT2D eigenvalue weighted by Gasteiger charge is -2.08. The summed E-state index contributed by atoms with van der Waals surface area (Å²) < 4.78 is 0. The molecule has 0 spiro atoms. The van der Waals surface area contributed by atoms with E-state index in [1.165, 1.54) is 17.7 Å². The molecule has 0 radical (unpaired) electrons. The van der Waals surface area contributed by atoms with Crippen molar-refractivity contribution in [3.8, 4) is 0 Å². The number of nitrogens with one attached hydrogen (secondary N) is 2. The first kappa shape index (κ1) is 14.1. The summed E-state index contributed by atoms with van der Waals surface area (Å²) in [4.78, 5) is 10.0. The molecular weight excluding hydrogens is 250 g/mol. The first-order valence-corrected chi connectivity index (χ1v) is 5.82.